The van der Waals surface area contributed by atoms with Gasteiger partial charge in [0.05, 0.1) is 7.11 Å². The van der Waals surface area contributed by atoms with Crippen molar-refractivity contribution < 1.29 is 4.74 Å². The summed E-state index contributed by atoms with van der Waals surface area (Å²) in [7, 11) is 1.73. The van der Waals surface area contributed by atoms with Crippen molar-refractivity contribution in [3.63, 3.8) is 0 Å². The lowest BCUT2D eigenvalue weighted by Crippen LogP contribution is -2.07. The van der Waals surface area contributed by atoms with Gasteiger partial charge in [0, 0.05) is 5.92 Å². The quantitative estimate of drug-likeness (QED) is 0.188. The largest absolute Gasteiger partial charge is 0.497 e. The fraction of sp³-hybridized carbons (Fsp3) is 0.135. The van der Waals surface area contributed by atoms with Gasteiger partial charge in [-0.25, -0.2) is 0 Å². The third-order valence-electron chi connectivity index (χ3n) is 7.20. The van der Waals surface area contributed by atoms with Crippen molar-refractivity contribution in [1.29, 1.82) is 0 Å². The molecule has 0 amide bonds. The Morgan fingerprint density at radius 3 is 1.37 bits per heavy atom. The molecule has 0 aliphatic carbocycles. The van der Waals surface area contributed by atoms with Gasteiger partial charge in [-0.2, -0.15) is 0 Å². The number of methoxy groups -OCH3 is 1. The molecule has 1 heteroatoms. The lowest BCUT2D eigenvalue weighted by atomic mass is 9.80. The minimum atomic E-state index is 0.246. The molecule has 0 atom stereocenters. The van der Waals surface area contributed by atoms with Crippen LogP contribution in [-0.2, 0) is 12.8 Å². The molecule has 5 aromatic rings. The Kier molecular flexibility index (Phi) is 8.48. The summed E-state index contributed by atoms with van der Waals surface area (Å²) in [5.41, 5.74) is 9.44. The normalized spacial score (nSPS) is 10.8. The lowest BCUT2D eigenvalue weighted by molar-refractivity contribution is 0.415. The van der Waals surface area contributed by atoms with Gasteiger partial charge in [0.25, 0.3) is 0 Å². The Morgan fingerprint density at radius 2 is 0.947 bits per heavy atom. The molecule has 188 valence electrons. The van der Waals surface area contributed by atoms with E-state index in [1.807, 2.05) is 0 Å². The molecule has 0 aliphatic rings. The molecular formula is C37H34O. The maximum Gasteiger partial charge on any atom is 0.118 e. The van der Waals surface area contributed by atoms with Crippen LogP contribution in [0, 0.1) is 0 Å². The van der Waals surface area contributed by atoms with E-state index in [1.165, 1.54) is 39.0 Å². The van der Waals surface area contributed by atoms with Crippen molar-refractivity contribution in [2.45, 2.75) is 25.2 Å². The van der Waals surface area contributed by atoms with Crippen molar-refractivity contribution in [2.75, 3.05) is 7.11 Å². The summed E-state index contributed by atoms with van der Waals surface area (Å²) >= 11 is 0. The van der Waals surface area contributed by atoms with E-state index in [2.05, 4.69) is 146 Å². The Labute approximate surface area is 227 Å². The van der Waals surface area contributed by atoms with Crippen LogP contribution in [0.1, 0.15) is 40.2 Å². The van der Waals surface area contributed by atoms with E-state index in [0.717, 1.165) is 25.0 Å². The number of rotatable bonds is 10. The van der Waals surface area contributed by atoms with Crippen LogP contribution in [0.25, 0.3) is 5.57 Å². The summed E-state index contributed by atoms with van der Waals surface area (Å²) in [6, 6.07) is 52.1. The first-order valence-corrected chi connectivity index (χ1v) is 13.3. The average molecular weight is 495 g/mol. The minimum Gasteiger partial charge on any atom is -0.497 e. The van der Waals surface area contributed by atoms with Gasteiger partial charge in [-0.15, -0.1) is 0 Å². The molecule has 0 aliphatic heterocycles. The second-order valence-corrected chi connectivity index (χ2v) is 9.71. The van der Waals surface area contributed by atoms with Gasteiger partial charge in [-0.1, -0.05) is 139 Å². The average Bonchev–Trinajstić information content (AvgIpc) is 2.99. The van der Waals surface area contributed by atoms with Crippen molar-refractivity contribution in [1.82, 2.24) is 0 Å². The summed E-state index contributed by atoms with van der Waals surface area (Å²) < 4.78 is 5.50. The molecule has 0 N–H and O–H groups in total. The molecule has 0 fully saturated rings. The van der Waals surface area contributed by atoms with Crippen molar-refractivity contribution in [2.24, 2.45) is 0 Å². The van der Waals surface area contributed by atoms with E-state index in [-0.39, 0.29) is 5.92 Å². The van der Waals surface area contributed by atoms with E-state index in [9.17, 15) is 0 Å². The molecule has 0 aromatic heterocycles. The standard InChI is InChI=1S/C37H34O/c1-38-35-24-22-33(23-25-35)37(28-36(31-18-10-4-11-19-31)32-20-12-5-13-21-32)34(26-29-14-6-2-7-15-29)27-30-16-8-3-9-17-30/h2-25,36H,26-28H2,1H3. The monoisotopic (exact) mass is 494 g/mol. The van der Waals surface area contributed by atoms with Gasteiger partial charge in [-0.3, -0.25) is 0 Å². The predicted molar refractivity (Wildman–Crippen MR) is 160 cm³/mol. The minimum absolute atomic E-state index is 0.246. The van der Waals surface area contributed by atoms with Gasteiger partial charge in [0.1, 0.15) is 5.75 Å². The van der Waals surface area contributed by atoms with Gasteiger partial charge >= 0.3 is 0 Å². The number of hydrogen-bond acceptors (Lipinski definition) is 1. The summed E-state index contributed by atoms with van der Waals surface area (Å²) in [4.78, 5) is 0. The maximum atomic E-state index is 5.50. The Morgan fingerprint density at radius 1 is 0.526 bits per heavy atom. The van der Waals surface area contributed by atoms with Gasteiger partial charge in [0.2, 0.25) is 0 Å². The van der Waals surface area contributed by atoms with Crippen LogP contribution in [-0.4, -0.2) is 7.11 Å². The van der Waals surface area contributed by atoms with Crippen LogP contribution in [0.5, 0.6) is 5.75 Å². The fourth-order valence-electron chi connectivity index (χ4n) is 5.22. The second-order valence-electron chi connectivity index (χ2n) is 9.71. The fourth-order valence-corrected chi connectivity index (χ4v) is 5.22. The Balaban J connectivity index is 1.67. The number of allylic oxidation sites excluding steroid dienone is 2. The highest BCUT2D eigenvalue weighted by Crippen LogP contribution is 2.38. The lowest BCUT2D eigenvalue weighted by Gasteiger charge is -2.24. The van der Waals surface area contributed by atoms with Crippen molar-refractivity contribution in [3.8, 4) is 5.75 Å². The van der Waals surface area contributed by atoms with Gasteiger partial charge in [0.15, 0.2) is 0 Å². The number of ether oxygens (including phenoxy) is 1. The second kappa shape index (κ2) is 12.7. The zero-order valence-electron chi connectivity index (χ0n) is 22.0. The molecule has 0 unspecified atom stereocenters. The highest BCUT2D eigenvalue weighted by atomic mass is 16.5. The van der Waals surface area contributed by atoms with Gasteiger partial charge in [-0.05, 0) is 64.8 Å². The topological polar surface area (TPSA) is 9.23 Å². The molecule has 0 radical (unpaired) electrons. The highest BCUT2D eigenvalue weighted by Gasteiger charge is 2.20. The molecule has 5 rings (SSSR count). The molecule has 5 aromatic carbocycles. The molecule has 0 bridgehead atoms. The molecule has 38 heavy (non-hydrogen) atoms. The van der Waals surface area contributed by atoms with Crippen molar-refractivity contribution >= 4 is 5.57 Å². The predicted octanol–water partition coefficient (Wildman–Crippen LogP) is 9.16. The van der Waals surface area contributed by atoms with E-state index < -0.39 is 0 Å². The summed E-state index contributed by atoms with van der Waals surface area (Å²) in [6.07, 6.45) is 2.73. The summed E-state index contributed by atoms with van der Waals surface area (Å²) in [5, 5.41) is 0. The smallest absolute Gasteiger partial charge is 0.118 e. The van der Waals surface area contributed by atoms with Crippen LogP contribution >= 0.6 is 0 Å². The zero-order valence-corrected chi connectivity index (χ0v) is 22.0. The van der Waals surface area contributed by atoms with Crippen molar-refractivity contribution in [3.05, 3.63) is 179 Å². The molecule has 0 spiro atoms. The molecule has 1 nitrogen and oxygen atoms in total. The van der Waals surface area contributed by atoms with E-state index in [0.29, 0.717) is 0 Å². The van der Waals surface area contributed by atoms with Crippen LogP contribution in [0.3, 0.4) is 0 Å². The molecule has 0 saturated carbocycles. The summed E-state index contributed by atoms with van der Waals surface area (Å²) in [6.45, 7) is 0. The Hall–Kier alpha value is -4.36. The Bertz CT molecular complexity index is 1340. The first-order valence-electron chi connectivity index (χ1n) is 13.3. The van der Waals surface area contributed by atoms with Crippen LogP contribution in [0.4, 0.5) is 0 Å². The zero-order chi connectivity index (χ0) is 26.0. The van der Waals surface area contributed by atoms with Crippen LogP contribution < -0.4 is 4.74 Å². The number of hydrogen-bond donors (Lipinski definition) is 0. The van der Waals surface area contributed by atoms with Gasteiger partial charge < -0.3 is 4.74 Å². The van der Waals surface area contributed by atoms with E-state index >= 15 is 0 Å². The molecule has 0 heterocycles. The summed E-state index contributed by atoms with van der Waals surface area (Å²) in [5.74, 6) is 1.12. The first kappa shape index (κ1) is 25.3. The number of benzene rings is 5. The third-order valence-corrected chi connectivity index (χ3v) is 7.20. The van der Waals surface area contributed by atoms with Crippen LogP contribution in [0.2, 0.25) is 0 Å². The van der Waals surface area contributed by atoms with E-state index in [4.69, 9.17) is 4.74 Å². The first-order chi connectivity index (χ1) is 18.8. The van der Waals surface area contributed by atoms with E-state index in [1.54, 1.807) is 7.11 Å². The van der Waals surface area contributed by atoms with Crippen LogP contribution in [0.15, 0.2) is 151 Å². The SMILES string of the molecule is COc1ccc(C(CC(c2ccccc2)c2ccccc2)=C(Cc2ccccc2)Cc2ccccc2)cc1. The molecular weight excluding hydrogens is 460 g/mol. The maximum absolute atomic E-state index is 5.50. The highest BCUT2D eigenvalue weighted by molar-refractivity contribution is 5.71. The third kappa shape index (κ3) is 6.49. The molecule has 0 saturated heterocycles.